The SMILES string of the molecule is CCCC1(CNCC2(C3CC3)CC2)CCCN1. The predicted octanol–water partition coefficient (Wildman–Crippen LogP) is 2.69. The first-order valence-electron chi connectivity index (χ1n) is 7.74. The minimum atomic E-state index is 0.439. The van der Waals surface area contributed by atoms with Crippen LogP contribution in [0.25, 0.3) is 0 Å². The molecule has 0 aromatic rings. The normalized spacial score (nSPS) is 35.1. The molecule has 0 spiro atoms. The molecule has 2 saturated carbocycles. The van der Waals surface area contributed by atoms with Crippen molar-refractivity contribution < 1.29 is 0 Å². The summed E-state index contributed by atoms with van der Waals surface area (Å²) in [5.41, 5.74) is 1.19. The van der Waals surface area contributed by atoms with E-state index < -0.39 is 0 Å². The molecule has 3 rings (SSSR count). The van der Waals surface area contributed by atoms with Gasteiger partial charge in [-0.3, -0.25) is 0 Å². The highest BCUT2D eigenvalue weighted by Gasteiger charge is 2.53. The Labute approximate surface area is 106 Å². The van der Waals surface area contributed by atoms with Crippen molar-refractivity contribution in [1.82, 2.24) is 10.6 Å². The zero-order chi connectivity index (χ0) is 11.8. The van der Waals surface area contributed by atoms with Crippen molar-refractivity contribution in [3.63, 3.8) is 0 Å². The Morgan fingerprint density at radius 2 is 2.00 bits per heavy atom. The van der Waals surface area contributed by atoms with E-state index >= 15 is 0 Å². The van der Waals surface area contributed by atoms with Gasteiger partial charge < -0.3 is 10.6 Å². The maximum atomic E-state index is 3.81. The second-order valence-electron chi connectivity index (χ2n) is 6.80. The van der Waals surface area contributed by atoms with E-state index in [2.05, 4.69) is 17.6 Å². The second kappa shape index (κ2) is 4.55. The number of rotatable bonds is 7. The topological polar surface area (TPSA) is 24.1 Å². The summed E-state index contributed by atoms with van der Waals surface area (Å²) in [6.45, 7) is 6.05. The lowest BCUT2D eigenvalue weighted by Crippen LogP contribution is -2.49. The van der Waals surface area contributed by atoms with Gasteiger partial charge in [0.1, 0.15) is 0 Å². The zero-order valence-corrected chi connectivity index (χ0v) is 11.4. The van der Waals surface area contributed by atoms with Gasteiger partial charge in [0.15, 0.2) is 0 Å². The van der Waals surface area contributed by atoms with Crippen LogP contribution in [0.5, 0.6) is 0 Å². The Morgan fingerprint density at radius 3 is 2.53 bits per heavy atom. The van der Waals surface area contributed by atoms with Crippen LogP contribution < -0.4 is 10.6 Å². The summed E-state index contributed by atoms with van der Waals surface area (Å²) in [5.74, 6) is 1.09. The average Bonchev–Trinajstić information content (AvgIpc) is 3.20. The first-order chi connectivity index (χ1) is 8.29. The molecule has 0 bridgehead atoms. The maximum Gasteiger partial charge on any atom is 0.0306 e. The van der Waals surface area contributed by atoms with Crippen LogP contribution in [0.1, 0.15) is 58.3 Å². The molecule has 0 aromatic heterocycles. The molecule has 3 aliphatic rings. The number of nitrogens with one attached hydrogen (secondary N) is 2. The van der Waals surface area contributed by atoms with Crippen LogP contribution in [0, 0.1) is 11.3 Å². The van der Waals surface area contributed by atoms with Crippen LogP contribution in [0.3, 0.4) is 0 Å². The Balaban J connectivity index is 1.45. The predicted molar refractivity (Wildman–Crippen MR) is 72.1 cm³/mol. The van der Waals surface area contributed by atoms with Crippen molar-refractivity contribution in [2.45, 2.75) is 63.8 Å². The van der Waals surface area contributed by atoms with Crippen LogP contribution in [0.4, 0.5) is 0 Å². The molecule has 1 atom stereocenters. The minimum Gasteiger partial charge on any atom is -0.314 e. The fourth-order valence-corrected chi connectivity index (χ4v) is 3.94. The third-order valence-corrected chi connectivity index (χ3v) is 5.34. The molecule has 1 saturated heterocycles. The first kappa shape index (κ1) is 12.0. The lowest BCUT2D eigenvalue weighted by atomic mass is 9.91. The van der Waals surface area contributed by atoms with E-state index in [0.29, 0.717) is 5.54 Å². The molecule has 98 valence electrons. The molecule has 2 N–H and O–H groups in total. The summed E-state index contributed by atoms with van der Waals surface area (Å²) in [6.07, 6.45) is 11.4. The summed E-state index contributed by atoms with van der Waals surface area (Å²) in [5, 5.41) is 7.57. The molecule has 17 heavy (non-hydrogen) atoms. The monoisotopic (exact) mass is 236 g/mol. The van der Waals surface area contributed by atoms with Gasteiger partial charge >= 0.3 is 0 Å². The van der Waals surface area contributed by atoms with Crippen LogP contribution in [-0.4, -0.2) is 25.2 Å². The molecular formula is C15H28N2. The highest BCUT2D eigenvalue weighted by molar-refractivity contribution is 5.05. The van der Waals surface area contributed by atoms with E-state index in [1.165, 1.54) is 71.0 Å². The van der Waals surface area contributed by atoms with Crippen LogP contribution in [0.15, 0.2) is 0 Å². The molecule has 0 amide bonds. The van der Waals surface area contributed by atoms with Crippen molar-refractivity contribution in [2.75, 3.05) is 19.6 Å². The van der Waals surface area contributed by atoms with E-state index in [-0.39, 0.29) is 0 Å². The fourth-order valence-electron chi connectivity index (χ4n) is 3.94. The summed E-state index contributed by atoms with van der Waals surface area (Å²) < 4.78 is 0. The molecule has 1 heterocycles. The maximum absolute atomic E-state index is 3.81. The van der Waals surface area contributed by atoms with Gasteiger partial charge in [0.05, 0.1) is 0 Å². The molecule has 1 aliphatic heterocycles. The van der Waals surface area contributed by atoms with Gasteiger partial charge in [-0.15, -0.1) is 0 Å². The molecule has 2 nitrogen and oxygen atoms in total. The summed E-state index contributed by atoms with van der Waals surface area (Å²) >= 11 is 0. The lowest BCUT2D eigenvalue weighted by molar-refractivity contribution is 0.302. The van der Waals surface area contributed by atoms with Crippen LogP contribution in [-0.2, 0) is 0 Å². The van der Waals surface area contributed by atoms with Crippen LogP contribution >= 0.6 is 0 Å². The van der Waals surface area contributed by atoms with E-state index in [1.807, 2.05) is 0 Å². The quantitative estimate of drug-likeness (QED) is 0.710. The number of hydrogen-bond donors (Lipinski definition) is 2. The molecule has 3 fully saturated rings. The average molecular weight is 236 g/mol. The van der Waals surface area contributed by atoms with Gasteiger partial charge in [0.25, 0.3) is 0 Å². The smallest absolute Gasteiger partial charge is 0.0306 e. The third-order valence-electron chi connectivity index (χ3n) is 5.34. The molecule has 0 aromatic carbocycles. The van der Waals surface area contributed by atoms with E-state index in [1.54, 1.807) is 0 Å². The van der Waals surface area contributed by atoms with Gasteiger partial charge in [-0.25, -0.2) is 0 Å². The Hall–Kier alpha value is -0.0800. The number of hydrogen-bond acceptors (Lipinski definition) is 2. The van der Waals surface area contributed by atoms with Crippen molar-refractivity contribution in [3.05, 3.63) is 0 Å². The van der Waals surface area contributed by atoms with Crippen molar-refractivity contribution >= 4 is 0 Å². The van der Waals surface area contributed by atoms with Gasteiger partial charge in [-0.2, -0.15) is 0 Å². The Bertz CT molecular complexity index is 260. The summed E-state index contributed by atoms with van der Waals surface area (Å²) in [7, 11) is 0. The van der Waals surface area contributed by atoms with E-state index in [9.17, 15) is 0 Å². The van der Waals surface area contributed by atoms with Crippen LogP contribution in [0.2, 0.25) is 0 Å². The Morgan fingerprint density at radius 1 is 1.18 bits per heavy atom. The van der Waals surface area contributed by atoms with Crippen molar-refractivity contribution in [1.29, 1.82) is 0 Å². The van der Waals surface area contributed by atoms with Gasteiger partial charge in [-0.1, -0.05) is 13.3 Å². The van der Waals surface area contributed by atoms with Gasteiger partial charge in [0.2, 0.25) is 0 Å². The van der Waals surface area contributed by atoms with Gasteiger partial charge in [0, 0.05) is 18.6 Å². The highest BCUT2D eigenvalue weighted by Crippen LogP contribution is 2.60. The largest absolute Gasteiger partial charge is 0.314 e. The fraction of sp³-hybridized carbons (Fsp3) is 1.00. The highest BCUT2D eigenvalue weighted by atomic mass is 15.1. The van der Waals surface area contributed by atoms with E-state index in [4.69, 9.17) is 0 Å². The second-order valence-corrected chi connectivity index (χ2v) is 6.80. The Kier molecular flexibility index (Phi) is 3.20. The molecular weight excluding hydrogens is 208 g/mol. The first-order valence-corrected chi connectivity index (χ1v) is 7.74. The molecule has 0 radical (unpaired) electrons. The molecule has 2 heteroatoms. The summed E-state index contributed by atoms with van der Waals surface area (Å²) in [6, 6.07) is 0. The van der Waals surface area contributed by atoms with Gasteiger partial charge in [-0.05, 0) is 62.8 Å². The molecule has 2 aliphatic carbocycles. The minimum absolute atomic E-state index is 0.439. The lowest BCUT2D eigenvalue weighted by Gasteiger charge is -2.30. The van der Waals surface area contributed by atoms with Crippen molar-refractivity contribution in [3.8, 4) is 0 Å². The molecule has 1 unspecified atom stereocenters. The standard InChI is InChI=1S/C15H28N2/c1-2-6-15(7-3-10-17-15)12-16-11-14(8-9-14)13-4-5-13/h13,16-17H,2-12H2,1H3. The van der Waals surface area contributed by atoms with E-state index in [0.717, 1.165) is 11.3 Å². The summed E-state index contributed by atoms with van der Waals surface area (Å²) in [4.78, 5) is 0. The third kappa shape index (κ3) is 2.53. The zero-order valence-electron chi connectivity index (χ0n) is 11.4. The van der Waals surface area contributed by atoms with Crippen molar-refractivity contribution in [2.24, 2.45) is 11.3 Å².